The van der Waals surface area contributed by atoms with Crippen LogP contribution < -0.4 is 0 Å². The molecule has 0 rings (SSSR count). The van der Waals surface area contributed by atoms with Crippen molar-refractivity contribution in [3.05, 3.63) is 7.43 Å². The molecule has 0 aromatic heterocycles. The lowest BCUT2D eigenvalue weighted by Crippen LogP contribution is -0.290. The lowest BCUT2D eigenvalue weighted by Gasteiger charge is -0.413. The Morgan fingerprint density at radius 3 is 0.286 bits per heavy atom. The number of hydrogen-bond acceptors (Lipinski definition) is 0. The average Bonchev–Trinajstić information content (AvgIpc) is 0. The Morgan fingerprint density at radius 2 is 0.286 bits per heavy atom. The first-order valence-electron chi connectivity index (χ1n) is 0. The summed E-state index contributed by atoms with van der Waals surface area (Å²) in [5, 5.41) is 0. The normalized spacial score (nSPS) is 0. The van der Waals surface area contributed by atoms with E-state index < -0.39 is 0 Å². The Balaban J connectivity index is 0. The van der Waals surface area contributed by atoms with Crippen molar-refractivity contribution in [2.75, 3.05) is 0 Å². The molecule has 0 saturated carbocycles. The van der Waals surface area contributed by atoms with Gasteiger partial charge in [-0.25, -0.2) is 0 Å². The maximum absolute atomic E-state index is 0. The van der Waals surface area contributed by atoms with Crippen molar-refractivity contribution in [3.63, 3.8) is 0 Å². The van der Waals surface area contributed by atoms with Crippen LogP contribution in [-0.2, 0) is 0 Å². The van der Waals surface area contributed by atoms with Crippen molar-refractivity contribution in [3.8, 4) is 0 Å². The summed E-state index contributed by atoms with van der Waals surface area (Å²) < 4.78 is 0. The monoisotopic (exact) mass is 123 g/mol. The molecule has 0 unspecified atom stereocenters. The highest BCUT2D eigenvalue weighted by Gasteiger charge is -0.0682. The molecule has 0 aromatic carbocycles. The second-order valence-electron chi connectivity index (χ2n) is 0. The second-order valence-corrected chi connectivity index (χ2v) is 0. The number of rotatable bonds is 0. The summed E-state index contributed by atoms with van der Waals surface area (Å²) in [6, 6.07) is 0. The highest BCUT2D eigenvalue weighted by Crippen LogP contribution is 0.0813. The van der Waals surface area contributed by atoms with Crippen LogP contribution >= 0.6 is 0 Å². The standard InChI is InChI=1S/CH3.6H2O/h1H3;6*1H2. The third-order valence-corrected chi connectivity index (χ3v) is 0. The van der Waals surface area contributed by atoms with Crippen LogP contribution in [0.4, 0.5) is 0 Å². The van der Waals surface area contributed by atoms with E-state index in [0.717, 1.165) is 0 Å². The molecule has 0 aliphatic rings. The van der Waals surface area contributed by atoms with Crippen LogP contribution in [0.15, 0.2) is 0 Å². The van der Waals surface area contributed by atoms with Crippen LogP contribution in [0.3, 0.4) is 0 Å². The van der Waals surface area contributed by atoms with Gasteiger partial charge in [0.05, 0.1) is 0 Å². The molecule has 55 valence electrons. The Labute approximate surface area is 41.6 Å². The molecule has 0 amide bonds. The van der Waals surface area contributed by atoms with Crippen LogP contribution in [-0.4, -0.2) is 32.9 Å². The fraction of sp³-hybridized carbons (Fsp3) is 0. The molecular formula is CH15O6. The van der Waals surface area contributed by atoms with Gasteiger partial charge in [-0.15, -0.1) is 0 Å². The lowest BCUT2D eigenvalue weighted by atomic mass is 12.0. The molecule has 0 bridgehead atoms. The molecule has 0 atom stereocenters. The lowest BCUT2D eigenvalue weighted by molar-refractivity contribution is 0.823. The maximum atomic E-state index is 0. The van der Waals surface area contributed by atoms with Crippen LogP contribution in [0.5, 0.6) is 0 Å². The Morgan fingerprint density at radius 1 is 0.286 bits per heavy atom. The van der Waals surface area contributed by atoms with Gasteiger partial charge in [-0.1, -0.05) is 7.43 Å². The molecule has 0 aliphatic heterocycles. The molecule has 6 nitrogen and oxygen atoms in total. The van der Waals surface area contributed by atoms with E-state index in [1.165, 1.54) is 0 Å². The largest absolute Gasteiger partial charge is 0.412 e. The molecule has 0 spiro atoms. The van der Waals surface area contributed by atoms with E-state index in [1.807, 2.05) is 0 Å². The van der Waals surface area contributed by atoms with Crippen LogP contribution in [0.1, 0.15) is 0 Å². The first-order valence-corrected chi connectivity index (χ1v) is 0. The highest BCUT2D eigenvalue weighted by molar-refractivity contribution is 3.24. The SMILES string of the molecule is O.O.O.O.O.O.[CH3]. The van der Waals surface area contributed by atoms with Gasteiger partial charge in [0, 0.05) is 0 Å². The number of hydrogen-bond donors (Lipinski definition) is 0. The van der Waals surface area contributed by atoms with Gasteiger partial charge >= 0.3 is 0 Å². The zero-order valence-electron chi connectivity index (χ0n) is 4.00. The molecule has 1 radical (unpaired) electrons. The average molecular weight is 123 g/mol. The van der Waals surface area contributed by atoms with Gasteiger partial charge in [0.1, 0.15) is 0 Å². The summed E-state index contributed by atoms with van der Waals surface area (Å²) in [6.07, 6.45) is 0. The van der Waals surface area contributed by atoms with Crippen molar-refractivity contribution in [2.45, 2.75) is 0 Å². The van der Waals surface area contributed by atoms with Gasteiger partial charge in [0.15, 0.2) is 0 Å². The summed E-state index contributed by atoms with van der Waals surface area (Å²) >= 11 is 0. The summed E-state index contributed by atoms with van der Waals surface area (Å²) in [5.41, 5.74) is 0. The van der Waals surface area contributed by atoms with Gasteiger partial charge in [0.25, 0.3) is 0 Å². The second kappa shape index (κ2) is 2270. The first-order chi connectivity index (χ1) is 0. The van der Waals surface area contributed by atoms with Crippen molar-refractivity contribution < 1.29 is 32.9 Å². The van der Waals surface area contributed by atoms with E-state index in [1.54, 1.807) is 0 Å². The zero-order valence-corrected chi connectivity index (χ0v) is 4.00. The maximum Gasteiger partial charge on any atom is -0.0683 e. The minimum absolute atomic E-state index is 0. The van der Waals surface area contributed by atoms with E-state index in [2.05, 4.69) is 0 Å². The van der Waals surface area contributed by atoms with E-state index in [0.29, 0.717) is 0 Å². The third kappa shape index (κ3) is 1410. The molecule has 6 heteroatoms. The minimum Gasteiger partial charge on any atom is -0.412 e. The zero-order chi connectivity index (χ0) is 0. The van der Waals surface area contributed by atoms with Gasteiger partial charge in [-0.2, -0.15) is 0 Å². The molecule has 0 aromatic rings. The van der Waals surface area contributed by atoms with Gasteiger partial charge in [-0.05, 0) is 0 Å². The van der Waals surface area contributed by atoms with Crippen LogP contribution in [0, 0.1) is 7.43 Å². The molecule has 7 heavy (non-hydrogen) atoms. The Kier molecular flexibility index (Phi) is 1260000. The highest BCUT2D eigenvalue weighted by atomic mass is 16.0. The molecule has 0 aliphatic carbocycles. The Hall–Kier alpha value is -0.240. The molecule has 0 fully saturated rings. The van der Waals surface area contributed by atoms with Gasteiger partial charge in [-0.3, -0.25) is 0 Å². The fourth-order valence-electron chi connectivity index (χ4n) is 0. The molecule has 0 saturated heterocycles. The van der Waals surface area contributed by atoms with Crippen LogP contribution in [0.2, 0.25) is 0 Å². The predicted octanol–water partition coefficient (Wildman–Crippen LogP) is -4.50. The van der Waals surface area contributed by atoms with E-state index >= 15 is 0 Å². The van der Waals surface area contributed by atoms with Crippen LogP contribution in [0.25, 0.3) is 0 Å². The fourth-order valence-corrected chi connectivity index (χ4v) is 0. The first kappa shape index (κ1) is 3890. The summed E-state index contributed by atoms with van der Waals surface area (Å²) in [5.74, 6) is 0. The molecule has 0 heterocycles. The molecule has 12 N–H and O–H groups in total. The summed E-state index contributed by atoms with van der Waals surface area (Å²) in [7, 11) is 0. The van der Waals surface area contributed by atoms with E-state index in [9.17, 15) is 0 Å². The Bertz CT molecular complexity index is 4.14. The van der Waals surface area contributed by atoms with Gasteiger partial charge < -0.3 is 32.9 Å². The van der Waals surface area contributed by atoms with E-state index in [4.69, 9.17) is 0 Å². The smallest absolute Gasteiger partial charge is 0.0683 e. The van der Waals surface area contributed by atoms with Crippen molar-refractivity contribution in [1.29, 1.82) is 0 Å². The van der Waals surface area contributed by atoms with E-state index in [-0.39, 0.29) is 40.3 Å². The topological polar surface area (TPSA) is 189 Å². The van der Waals surface area contributed by atoms with Crippen molar-refractivity contribution in [2.24, 2.45) is 0 Å². The summed E-state index contributed by atoms with van der Waals surface area (Å²) in [4.78, 5) is 0. The molecular weight excluding hydrogens is 108 g/mol. The van der Waals surface area contributed by atoms with Crippen molar-refractivity contribution in [1.82, 2.24) is 0 Å². The minimum atomic E-state index is 0. The van der Waals surface area contributed by atoms with Crippen molar-refractivity contribution >= 4 is 0 Å². The summed E-state index contributed by atoms with van der Waals surface area (Å²) in [6.45, 7) is 0. The quantitative estimate of drug-likeness (QED) is 0.300. The third-order valence-electron chi connectivity index (χ3n) is 0. The van der Waals surface area contributed by atoms with Gasteiger partial charge in [0.2, 0.25) is 0 Å². The predicted molar refractivity (Wildman–Crippen MR) is 28.1 cm³/mol.